The molecule has 1 saturated heterocycles. The zero-order chi connectivity index (χ0) is 24.0. The summed E-state index contributed by atoms with van der Waals surface area (Å²) < 4.78 is 21.4. The monoisotopic (exact) mass is 477 g/mol. The number of hydrogen-bond acceptors (Lipinski definition) is 3. The van der Waals surface area contributed by atoms with E-state index in [2.05, 4.69) is 36.1 Å². The van der Waals surface area contributed by atoms with Crippen LogP contribution in [0.5, 0.6) is 5.75 Å². The van der Waals surface area contributed by atoms with E-state index in [0.717, 1.165) is 51.0 Å². The van der Waals surface area contributed by atoms with E-state index < -0.39 is 6.17 Å². The number of benzene rings is 1. The quantitative estimate of drug-likeness (QED) is 0.468. The lowest BCUT2D eigenvalue weighted by Crippen LogP contribution is -2.44. The minimum Gasteiger partial charge on any atom is -0.492 e. The highest BCUT2D eigenvalue weighted by molar-refractivity contribution is 5.93. The van der Waals surface area contributed by atoms with Crippen molar-refractivity contribution in [1.29, 1.82) is 0 Å². The molecule has 4 aliphatic carbocycles. The van der Waals surface area contributed by atoms with Crippen LogP contribution in [-0.2, 0) is 4.79 Å². The van der Waals surface area contributed by atoms with Gasteiger partial charge in [-0.3, -0.25) is 9.69 Å². The maximum Gasteiger partial charge on any atom is 0.156 e. The molecule has 0 N–H and O–H groups in total. The third-order valence-corrected chi connectivity index (χ3v) is 10.0. The number of piperidine rings is 1. The number of halogens is 1. The largest absolute Gasteiger partial charge is 0.492 e. The van der Waals surface area contributed by atoms with E-state index in [4.69, 9.17) is 4.74 Å². The van der Waals surface area contributed by atoms with Crippen molar-refractivity contribution in [1.82, 2.24) is 4.90 Å². The lowest BCUT2D eigenvalue weighted by atomic mass is 9.53. The number of fused-ring (bicyclic) bond motifs is 4. The number of carbonyl (C=O) groups excluding carboxylic acids is 1. The van der Waals surface area contributed by atoms with Crippen molar-refractivity contribution >= 4 is 5.78 Å². The van der Waals surface area contributed by atoms with E-state index >= 15 is 4.39 Å². The van der Waals surface area contributed by atoms with E-state index in [1.54, 1.807) is 5.57 Å². The Labute approximate surface area is 209 Å². The van der Waals surface area contributed by atoms with E-state index in [1.807, 2.05) is 6.08 Å². The summed E-state index contributed by atoms with van der Waals surface area (Å²) in [4.78, 5) is 14.7. The van der Waals surface area contributed by atoms with Crippen molar-refractivity contribution in [3.05, 3.63) is 52.6 Å². The Morgan fingerprint density at radius 1 is 1.03 bits per heavy atom. The molecule has 0 radical (unpaired) electrons. The summed E-state index contributed by atoms with van der Waals surface area (Å²) in [5.74, 6) is 2.34. The van der Waals surface area contributed by atoms with Gasteiger partial charge in [0.15, 0.2) is 5.78 Å². The average molecular weight is 478 g/mol. The molecule has 0 spiro atoms. The van der Waals surface area contributed by atoms with Gasteiger partial charge >= 0.3 is 0 Å². The fourth-order valence-corrected chi connectivity index (χ4v) is 8.17. The number of carbonyl (C=O) groups is 1. The molecule has 0 unspecified atom stereocenters. The molecule has 6 rings (SSSR count). The Hall–Kier alpha value is -1.94. The Morgan fingerprint density at radius 3 is 2.63 bits per heavy atom. The van der Waals surface area contributed by atoms with Crippen molar-refractivity contribution in [2.24, 2.45) is 17.3 Å². The van der Waals surface area contributed by atoms with Gasteiger partial charge in [-0.05, 0) is 111 Å². The van der Waals surface area contributed by atoms with Gasteiger partial charge in [0, 0.05) is 24.3 Å². The third kappa shape index (κ3) is 4.30. The highest BCUT2D eigenvalue weighted by atomic mass is 19.1. The van der Waals surface area contributed by atoms with Crippen LogP contribution < -0.4 is 4.74 Å². The topological polar surface area (TPSA) is 29.5 Å². The molecule has 3 fully saturated rings. The number of hydrogen-bond donors (Lipinski definition) is 0. The zero-order valence-electron chi connectivity index (χ0n) is 21.2. The molecule has 5 aliphatic rings. The molecule has 1 heterocycles. The van der Waals surface area contributed by atoms with Crippen molar-refractivity contribution in [3.8, 4) is 5.75 Å². The molecule has 1 aromatic rings. The summed E-state index contributed by atoms with van der Waals surface area (Å²) in [6.07, 6.45) is 11.3. The van der Waals surface area contributed by atoms with Crippen molar-refractivity contribution < 1.29 is 13.9 Å². The van der Waals surface area contributed by atoms with E-state index in [-0.39, 0.29) is 17.1 Å². The molecule has 1 aromatic carbocycles. The fraction of sp³-hybridized carbons (Fsp3) is 0.645. The van der Waals surface area contributed by atoms with Gasteiger partial charge in [-0.1, -0.05) is 31.1 Å². The first-order valence-electron chi connectivity index (χ1n) is 14.1. The second kappa shape index (κ2) is 9.50. The summed E-state index contributed by atoms with van der Waals surface area (Å²) in [7, 11) is 0. The highest BCUT2D eigenvalue weighted by Gasteiger charge is 2.57. The number of ether oxygens (including phenoxy) is 1. The second-order valence-electron chi connectivity index (χ2n) is 11.9. The Balaban J connectivity index is 1.26. The lowest BCUT2D eigenvalue weighted by molar-refractivity contribution is -0.114. The molecule has 3 nitrogen and oxygen atoms in total. The molecule has 4 heteroatoms. The zero-order valence-corrected chi connectivity index (χ0v) is 21.2. The van der Waals surface area contributed by atoms with Gasteiger partial charge in [0.1, 0.15) is 18.5 Å². The fourth-order valence-electron chi connectivity index (χ4n) is 8.17. The Morgan fingerprint density at radius 2 is 1.83 bits per heavy atom. The van der Waals surface area contributed by atoms with Crippen LogP contribution in [-0.4, -0.2) is 43.1 Å². The summed E-state index contributed by atoms with van der Waals surface area (Å²) in [5, 5.41) is 0. The predicted octanol–water partition coefficient (Wildman–Crippen LogP) is 6.79. The second-order valence-corrected chi connectivity index (χ2v) is 11.9. The third-order valence-electron chi connectivity index (χ3n) is 10.0. The van der Waals surface area contributed by atoms with E-state index in [1.165, 1.54) is 49.1 Å². The number of likely N-dealkylation sites (tertiary alicyclic amines) is 1. The van der Waals surface area contributed by atoms with Gasteiger partial charge < -0.3 is 4.74 Å². The average Bonchev–Trinajstić information content (AvgIpc) is 3.18. The van der Waals surface area contributed by atoms with Gasteiger partial charge in [-0.25, -0.2) is 4.39 Å². The normalized spacial score (nSPS) is 35.3. The molecular weight excluding hydrogens is 437 g/mol. The number of ketones is 1. The summed E-state index contributed by atoms with van der Waals surface area (Å²) in [5.41, 5.74) is 5.31. The van der Waals surface area contributed by atoms with Crippen LogP contribution in [0.4, 0.5) is 4.39 Å². The molecule has 5 atom stereocenters. The molecule has 1 aliphatic heterocycles. The first-order valence-corrected chi connectivity index (χ1v) is 14.1. The highest BCUT2D eigenvalue weighted by Crippen LogP contribution is 2.64. The number of nitrogens with zero attached hydrogens (tertiary/aromatic N) is 1. The van der Waals surface area contributed by atoms with Gasteiger partial charge in [-0.2, -0.15) is 0 Å². The summed E-state index contributed by atoms with van der Waals surface area (Å²) in [6, 6.07) is 8.68. The van der Waals surface area contributed by atoms with Gasteiger partial charge in [-0.15, -0.1) is 0 Å². The van der Waals surface area contributed by atoms with Crippen LogP contribution in [0.15, 0.2) is 47.1 Å². The van der Waals surface area contributed by atoms with E-state index in [0.29, 0.717) is 24.7 Å². The molecule has 0 amide bonds. The maximum atomic E-state index is 15.3. The summed E-state index contributed by atoms with van der Waals surface area (Å²) >= 11 is 0. The minimum atomic E-state index is -0.705. The van der Waals surface area contributed by atoms with Gasteiger partial charge in [0.25, 0.3) is 0 Å². The maximum absolute atomic E-state index is 15.3. The lowest BCUT2D eigenvalue weighted by Gasteiger charge is -2.51. The van der Waals surface area contributed by atoms with Crippen molar-refractivity contribution in [3.63, 3.8) is 0 Å². The summed E-state index contributed by atoms with van der Waals surface area (Å²) in [6.45, 7) is 6.33. The predicted molar refractivity (Wildman–Crippen MR) is 137 cm³/mol. The molecule has 188 valence electrons. The molecule has 0 aromatic heterocycles. The van der Waals surface area contributed by atoms with Gasteiger partial charge in [0.2, 0.25) is 0 Å². The molecule has 0 bridgehead atoms. The molecular formula is C31H40FNO2. The molecule has 2 saturated carbocycles. The van der Waals surface area contributed by atoms with Crippen LogP contribution in [0.25, 0.3) is 0 Å². The van der Waals surface area contributed by atoms with Crippen LogP contribution in [0.2, 0.25) is 0 Å². The number of alkyl halides is 1. The van der Waals surface area contributed by atoms with E-state index in [9.17, 15) is 4.79 Å². The Bertz CT molecular complexity index is 1020. The smallest absolute Gasteiger partial charge is 0.156 e. The number of rotatable bonds is 5. The van der Waals surface area contributed by atoms with Gasteiger partial charge in [0.05, 0.1) is 0 Å². The van der Waals surface area contributed by atoms with Crippen LogP contribution >= 0.6 is 0 Å². The van der Waals surface area contributed by atoms with Crippen LogP contribution in [0.1, 0.15) is 82.6 Å². The van der Waals surface area contributed by atoms with Crippen LogP contribution in [0, 0.1) is 17.3 Å². The van der Waals surface area contributed by atoms with Crippen molar-refractivity contribution in [2.45, 2.75) is 83.2 Å². The van der Waals surface area contributed by atoms with Crippen molar-refractivity contribution in [2.75, 3.05) is 26.2 Å². The first kappa shape index (κ1) is 23.5. The standard InChI is InChI=1S/C31H40FNO2/c1-31-20-27(21-5-9-24(10-6-21)35-18-17-33-15-3-2-4-16-33)30-25-12-8-23(34)19-22(25)7-11-26(30)28(31)13-14-29(31)32/h5-6,9-10,19,26-29H,2-4,7-8,11-18,20H2,1H3/t26-,27+,28-,29+,31-/m0/s1. The van der Waals surface area contributed by atoms with Crippen LogP contribution in [0.3, 0.4) is 0 Å². The number of allylic oxidation sites excluding steroid dienone is 4. The first-order chi connectivity index (χ1) is 17.0. The minimum absolute atomic E-state index is 0.241. The SMILES string of the molecule is C[C@]12C[C@H](c3ccc(OCCN4CCCCC4)cc3)C3=C4CCC(=O)C=C4CC[C@H]3[C@@H]1CC[C@H]2F. The Kier molecular flexibility index (Phi) is 6.37. The molecule has 35 heavy (non-hydrogen) atoms.